The minimum Gasteiger partial charge on any atom is -0.496 e. The predicted octanol–water partition coefficient (Wildman–Crippen LogP) is 3.57. The molecule has 0 aromatic heterocycles. The van der Waals surface area contributed by atoms with Crippen molar-refractivity contribution in [3.63, 3.8) is 0 Å². The zero-order valence-electron chi connectivity index (χ0n) is 15.7. The molecule has 0 unspecified atom stereocenters. The first-order valence-corrected chi connectivity index (χ1v) is 9.07. The molecule has 0 aliphatic heterocycles. The van der Waals surface area contributed by atoms with Crippen molar-refractivity contribution in [2.45, 2.75) is 6.54 Å². The van der Waals surface area contributed by atoms with Crippen molar-refractivity contribution < 1.29 is 19.0 Å². The molecule has 0 bridgehead atoms. The van der Waals surface area contributed by atoms with Crippen LogP contribution in [0.1, 0.15) is 11.1 Å². The second-order valence-electron chi connectivity index (χ2n) is 5.55. The number of methoxy groups -OCH3 is 3. The molecule has 0 saturated carbocycles. The van der Waals surface area contributed by atoms with Crippen molar-refractivity contribution in [2.75, 3.05) is 21.3 Å². The van der Waals surface area contributed by atoms with Crippen LogP contribution in [0.5, 0.6) is 17.2 Å². The second kappa shape index (κ2) is 10.5. The van der Waals surface area contributed by atoms with Gasteiger partial charge in [-0.25, -0.2) is 0 Å². The monoisotopic (exact) mass is 420 g/mol. The van der Waals surface area contributed by atoms with Gasteiger partial charge in [-0.05, 0) is 36.0 Å². The summed E-state index contributed by atoms with van der Waals surface area (Å²) in [6.07, 6.45) is 3.04. The fourth-order valence-electron chi connectivity index (χ4n) is 2.37. The van der Waals surface area contributed by atoms with Gasteiger partial charge in [0.25, 0.3) is 0 Å². The Hall–Kier alpha value is -2.77. The van der Waals surface area contributed by atoms with E-state index in [1.165, 1.54) is 13.2 Å². The normalized spacial score (nSPS) is 10.4. The molecular weight excluding hydrogens is 400 g/mol. The number of amides is 1. The number of carbonyl (C=O) groups is 1. The number of hydrogen-bond donors (Lipinski definition) is 2. The van der Waals surface area contributed by atoms with Gasteiger partial charge in [-0.1, -0.05) is 29.8 Å². The lowest BCUT2D eigenvalue weighted by atomic mass is 10.2. The highest BCUT2D eigenvalue weighted by atomic mass is 35.5. The van der Waals surface area contributed by atoms with Gasteiger partial charge in [-0.2, -0.15) is 0 Å². The van der Waals surface area contributed by atoms with E-state index < -0.39 is 0 Å². The van der Waals surface area contributed by atoms with Gasteiger partial charge in [0.05, 0.1) is 21.3 Å². The molecule has 0 fully saturated rings. The predicted molar refractivity (Wildman–Crippen MR) is 114 cm³/mol. The maximum absolute atomic E-state index is 12.1. The van der Waals surface area contributed by atoms with Crippen LogP contribution in [0.15, 0.2) is 42.5 Å². The lowest BCUT2D eigenvalue weighted by molar-refractivity contribution is -0.115. The van der Waals surface area contributed by atoms with Gasteiger partial charge < -0.3 is 19.5 Å². The summed E-state index contributed by atoms with van der Waals surface area (Å²) in [5.41, 5.74) is 1.54. The standard InChI is InChI=1S/C20H21ClN2O4S/c1-25-16-7-5-4-6-13(16)8-9-19(24)23-20(28)22-12-14-10-17(26-2)18(27-3)11-15(14)21/h4-11H,12H2,1-3H3,(H2,22,23,24,28)/b9-8+. The highest BCUT2D eigenvalue weighted by Gasteiger charge is 2.10. The molecule has 0 heterocycles. The third-order valence-corrected chi connectivity index (χ3v) is 4.38. The molecule has 2 N–H and O–H groups in total. The topological polar surface area (TPSA) is 68.8 Å². The van der Waals surface area contributed by atoms with Crippen molar-refractivity contribution in [1.82, 2.24) is 10.6 Å². The second-order valence-corrected chi connectivity index (χ2v) is 6.36. The minimum absolute atomic E-state index is 0.181. The molecule has 8 heteroatoms. The number of para-hydroxylation sites is 1. The number of benzene rings is 2. The summed E-state index contributed by atoms with van der Waals surface area (Å²) in [6, 6.07) is 10.8. The highest BCUT2D eigenvalue weighted by Crippen LogP contribution is 2.32. The molecule has 1 amide bonds. The smallest absolute Gasteiger partial charge is 0.250 e. The van der Waals surface area contributed by atoms with Crippen LogP contribution in [0, 0.1) is 0 Å². The first-order chi connectivity index (χ1) is 13.5. The van der Waals surface area contributed by atoms with E-state index in [2.05, 4.69) is 10.6 Å². The van der Waals surface area contributed by atoms with Gasteiger partial charge in [-0.3, -0.25) is 10.1 Å². The molecule has 6 nitrogen and oxygen atoms in total. The van der Waals surface area contributed by atoms with E-state index in [1.54, 1.807) is 32.4 Å². The number of hydrogen-bond acceptors (Lipinski definition) is 5. The Morgan fingerprint density at radius 2 is 1.71 bits per heavy atom. The lowest BCUT2D eigenvalue weighted by Crippen LogP contribution is -2.38. The molecule has 148 valence electrons. The Labute approximate surface area is 174 Å². The quantitative estimate of drug-likeness (QED) is 0.527. The van der Waals surface area contributed by atoms with E-state index in [1.807, 2.05) is 24.3 Å². The fourth-order valence-corrected chi connectivity index (χ4v) is 2.77. The van der Waals surface area contributed by atoms with Gasteiger partial charge in [-0.15, -0.1) is 0 Å². The largest absolute Gasteiger partial charge is 0.496 e. The van der Waals surface area contributed by atoms with Crippen LogP contribution in [0.3, 0.4) is 0 Å². The maximum atomic E-state index is 12.1. The average molecular weight is 421 g/mol. The zero-order valence-corrected chi connectivity index (χ0v) is 17.3. The van der Waals surface area contributed by atoms with Gasteiger partial charge in [0.15, 0.2) is 16.6 Å². The van der Waals surface area contributed by atoms with Crippen molar-refractivity contribution in [3.8, 4) is 17.2 Å². The summed E-state index contributed by atoms with van der Waals surface area (Å²) in [5, 5.41) is 6.20. The zero-order chi connectivity index (χ0) is 20.5. The number of nitrogens with one attached hydrogen (secondary N) is 2. The number of halogens is 1. The number of ether oxygens (including phenoxy) is 3. The van der Waals surface area contributed by atoms with Crippen molar-refractivity contribution in [2.24, 2.45) is 0 Å². The van der Waals surface area contributed by atoms with E-state index in [0.29, 0.717) is 28.8 Å². The molecule has 0 radical (unpaired) electrons. The number of carbonyl (C=O) groups excluding carboxylic acids is 1. The van der Waals surface area contributed by atoms with Crippen molar-refractivity contribution in [3.05, 3.63) is 58.6 Å². The molecular formula is C20H21ClN2O4S. The van der Waals surface area contributed by atoms with E-state index in [-0.39, 0.29) is 11.0 Å². The maximum Gasteiger partial charge on any atom is 0.250 e. The molecule has 28 heavy (non-hydrogen) atoms. The Bertz CT molecular complexity index is 887. The van der Waals surface area contributed by atoms with Crippen LogP contribution in [0.4, 0.5) is 0 Å². The Morgan fingerprint density at radius 3 is 2.39 bits per heavy atom. The molecule has 0 saturated heterocycles. The molecule has 2 aromatic carbocycles. The van der Waals surface area contributed by atoms with E-state index in [9.17, 15) is 4.79 Å². The summed E-state index contributed by atoms with van der Waals surface area (Å²) >= 11 is 11.4. The summed E-state index contributed by atoms with van der Waals surface area (Å²) in [7, 11) is 4.66. The Balaban J connectivity index is 1.93. The first-order valence-electron chi connectivity index (χ1n) is 8.28. The third-order valence-electron chi connectivity index (χ3n) is 3.78. The van der Waals surface area contributed by atoms with Gasteiger partial charge in [0, 0.05) is 29.3 Å². The minimum atomic E-state index is -0.359. The summed E-state index contributed by atoms with van der Waals surface area (Å²) in [5.74, 6) is 1.41. The molecule has 0 aliphatic rings. The SMILES string of the molecule is COc1ccccc1/C=C/C(=O)NC(=S)NCc1cc(OC)c(OC)cc1Cl. The first kappa shape index (κ1) is 21.5. The third kappa shape index (κ3) is 5.87. The molecule has 0 spiro atoms. The van der Waals surface area contributed by atoms with Crippen LogP contribution in [-0.2, 0) is 11.3 Å². The summed E-state index contributed by atoms with van der Waals surface area (Å²) in [6.45, 7) is 0.314. The van der Waals surface area contributed by atoms with Crippen LogP contribution in [0.2, 0.25) is 5.02 Å². The van der Waals surface area contributed by atoms with E-state index in [4.69, 9.17) is 38.0 Å². The van der Waals surface area contributed by atoms with Crippen molar-refractivity contribution in [1.29, 1.82) is 0 Å². The van der Waals surface area contributed by atoms with Gasteiger partial charge >= 0.3 is 0 Å². The summed E-state index contributed by atoms with van der Waals surface area (Å²) < 4.78 is 15.7. The van der Waals surface area contributed by atoms with Crippen LogP contribution in [0.25, 0.3) is 6.08 Å². The van der Waals surface area contributed by atoms with Crippen LogP contribution in [-0.4, -0.2) is 32.3 Å². The van der Waals surface area contributed by atoms with Crippen LogP contribution >= 0.6 is 23.8 Å². The fraction of sp³-hybridized carbons (Fsp3) is 0.200. The lowest BCUT2D eigenvalue weighted by Gasteiger charge is -2.13. The molecule has 0 atom stereocenters. The van der Waals surface area contributed by atoms with Crippen molar-refractivity contribution >= 4 is 40.9 Å². The Morgan fingerprint density at radius 1 is 1.07 bits per heavy atom. The highest BCUT2D eigenvalue weighted by molar-refractivity contribution is 7.80. The van der Waals surface area contributed by atoms with Gasteiger partial charge in [0.1, 0.15) is 5.75 Å². The number of rotatable bonds is 7. The Kier molecular flexibility index (Phi) is 8.10. The molecule has 0 aliphatic carbocycles. The van der Waals surface area contributed by atoms with Gasteiger partial charge in [0.2, 0.25) is 5.91 Å². The molecule has 2 aromatic rings. The number of thiocarbonyl (C=S) groups is 1. The average Bonchev–Trinajstić information content (AvgIpc) is 2.71. The molecule has 2 rings (SSSR count). The van der Waals surface area contributed by atoms with E-state index in [0.717, 1.165) is 11.1 Å². The van der Waals surface area contributed by atoms with E-state index >= 15 is 0 Å². The van der Waals surface area contributed by atoms with Crippen LogP contribution < -0.4 is 24.8 Å². The summed E-state index contributed by atoms with van der Waals surface area (Å²) in [4.78, 5) is 12.1.